The Kier molecular flexibility index (Phi) is 5.53. The van der Waals surface area contributed by atoms with Crippen molar-refractivity contribution in [2.75, 3.05) is 0 Å². The maximum Gasteiger partial charge on any atom is 0.276 e. The van der Waals surface area contributed by atoms with Gasteiger partial charge in [-0.3, -0.25) is 0 Å². The highest BCUT2D eigenvalue weighted by Gasteiger charge is 2.17. The molecule has 28 heavy (non-hydrogen) atoms. The van der Waals surface area contributed by atoms with Gasteiger partial charge < -0.3 is 5.11 Å². The Labute approximate surface area is 168 Å². The van der Waals surface area contributed by atoms with Crippen molar-refractivity contribution in [2.24, 2.45) is 5.10 Å². The Morgan fingerprint density at radius 1 is 1.11 bits per heavy atom. The molecule has 0 spiro atoms. The fraction of sp³-hybridized carbons (Fsp3) is 0.200. The van der Waals surface area contributed by atoms with Crippen LogP contribution in [0, 0.1) is 20.8 Å². The normalized spacial score (nSPS) is 12.2. The first-order chi connectivity index (χ1) is 13.2. The molecule has 0 atom stereocenters. The van der Waals surface area contributed by atoms with Gasteiger partial charge in [0.1, 0.15) is 10.8 Å². The van der Waals surface area contributed by atoms with E-state index in [4.69, 9.17) is 0 Å². The number of aromatic hydroxyl groups is 1. The number of hydrogen-bond acceptors (Lipinski definition) is 6. The van der Waals surface area contributed by atoms with Crippen LogP contribution in [0.1, 0.15) is 28.6 Å². The number of rotatable bonds is 5. The molecular formula is C20H21N3O3S2. The van der Waals surface area contributed by atoms with Crippen molar-refractivity contribution >= 4 is 27.1 Å². The van der Waals surface area contributed by atoms with Gasteiger partial charge in [0.2, 0.25) is 0 Å². The number of nitrogens with zero attached hydrogens (tertiary/aromatic N) is 2. The molecule has 8 heteroatoms. The third-order valence-corrected chi connectivity index (χ3v) is 6.87. The Morgan fingerprint density at radius 2 is 1.79 bits per heavy atom. The summed E-state index contributed by atoms with van der Waals surface area (Å²) < 4.78 is 25.3. The van der Waals surface area contributed by atoms with E-state index in [0.29, 0.717) is 11.3 Å². The van der Waals surface area contributed by atoms with Crippen molar-refractivity contribution in [3.05, 3.63) is 64.2 Å². The standard InChI is InChI=1S/C20H21N3O3S2/c1-12-5-6-13(2)18(11-12)28(25,26)23-22-15(4)19-14(3)21-20(27-19)16-7-9-17(24)10-8-16/h5-11,23-24H,1-4H3/b22-15+. The number of nitrogens with one attached hydrogen (secondary N) is 1. The molecule has 0 radical (unpaired) electrons. The average Bonchev–Trinajstić information content (AvgIpc) is 3.04. The molecule has 2 aromatic carbocycles. The Bertz CT molecular complexity index is 1150. The number of hydrogen-bond donors (Lipinski definition) is 2. The summed E-state index contributed by atoms with van der Waals surface area (Å²) in [6.45, 7) is 7.20. The summed E-state index contributed by atoms with van der Waals surface area (Å²) in [4.78, 5) is 7.89. The molecule has 0 aliphatic rings. The van der Waals surface area contributed by atoms with Crippen molar-refractivity contribution in [2.45, 2.75) is 32.6 Å². The second kappa shape index (κ2) is 7.73. The molecule has 3 rings (SSSR count). The number of phenolic OH excluding ortho intramolecular Hbond substituents is 1. The number of benzene rings is 2. The molecule has 2 N–H and O–H groups in total. The summed E-state index contributed by atoms with van der Waals surface area (Å²) in [5.74, 6) is 0.191. The van der Waals surface area contributed by atoms with Crippen LogP contribution >= 0.6 is 11.3 Å². The highest BCUT2D eigenvalue weighted by Crippen LogP contribution is 2.29. The minimum atomic E-state index is -3.76. The zero-order chi connectivity index (χ0) is 20.5. The minimum absolute atomic E-state index is 0.191. The predicted molar refractivity (Wildman–Crippen MR) is 112 cm³/mol. The van der Waals surface area contributed by atoms with Gasteiger partial charge in [-0.2, -0.15) is 18.4 Å². The van der Waals surface area contributed by atoms with Crippen LogP contribution in [0.3, 0.4) is 0 Å². The zero-order valence-corrected chi connectivity index (χ0v) is 17.6. The van der Waals surface area contributed by atoms with E-state index < -0.39 is 10.0 Å². The van der Waals surface area contributed by atoms with Crippen molar-refractivity contribution in [1.29, 1.82) is 0 Å². The van der Waals surface area contributed by atoms with Crippen LogP contribution < -0.4 is 4.83 Å². The summed E-state index contributed by atoms with van der Waals surface area (Å²) in [7, 11) is -3.76. The van der Waals surface area contributed by atoms with Gasteiger partial charge in [-0.05, 0) is 69.2 Å². The molecule has 0 aliphatic heterocycles. The molecule has 0 aliphatic carbocycles. The first kappa shape index (κ1) is 20.0. The Morgan fingerprint density at radius 3 is 2.46 bits per heavy atom. The van der Waals surface area contributed by atoms with E-state index in [1.54, 1.807) is 50.2 Å². The van der Waals surface area contributed by atoms with Crippen LogP contribution in [-0.4, -0.2) is 24.2 Å². The van der Waals surface area contributed by atoms with E-state index in [-0.39, 0.29) is 10.6 Å². The van der Waals surface area contributed by atoms with Gasteiger partial charge in [-0.15, -0.1) is 11.3 Å². The Hall–Kier alpha value is -2.71. The monoisotopic (exact) mass is 415 g/mol. The van der Waals surface area contributed by atoms with E-state index >= 15 is 0 Å². The largest absolute Gasteiger partial charge is 0.508 e. The van der Waals surface area contributed by atoms with Gasteiger partial charge in [0.15, 0.2) is 0 Å². The highest BCUT2D eigenvalue weighted by molar-refractivity contribution is 7.89. The maximum atomic E-state index is 12.6. The molecule has 3 aromatic rings. The van der Waals surface area contributed by atoms with Crippen molar-refractivity contribution < 1.29 is 13.5 Å². The molecule has 6 nitrogen and oxygen atoms in total. The number of aromatic nitrogens is 1. The lowest BCUT2D eigenvalue weighted by atomic mass is 10.2. The summed E-state index contributed by atoms with van der Waals surface area (Å²) in [5.41, 5.74) is 3.70. The smallest absolute Gasteiger partial charge is 0.276 e. The van der Waals surface area contributed by atoms with Crippen molar-refractivity contribution in [1.82, 2.24) is 9.82 Å². The van der Waals surface area contributed by atoms with Gasteiger partial charge >= 0.3 is 0 Å². The first-order valence-electron chi connectivity index (χ1n) is 8.58. The summed E-state index contributed by atoms with van der Waals surface area (Å²) in [6.07, 6.45) is 0. The fourth-order valence-electron chi connectivity index (χ4n) is 2.68. The molecule has 0 bridgehead atoms. The van der Waals surface area contributed by atoms with Crippen LogP contribution in [0.25, 0.3) is 10.6 Å². The molecule has 0 saturated carbocycles. The average molecular weight is 416 g/mol. The number of sulfonamides is 1. The quantitative estimate of drug-likeness (QED) is 0.484. The zero-order valence-electron chi connectivity index (χ0n) is 16.0. The first-order valence-corrected chi connectivity index (χ1v) is 10.9. The molecule has 0 amide bonds. The molecule has 1 aromatic heterocycles. The molecular weight excluding hydrogens is 394 g/mol. The van der Waals surface area contributed by atoms with Crippen LogP contribution in [-0.2, 0) is 10.0 Å². The lowest BCUT2D eigenvalue weighted by Crippen LogP contribution is -2.21. The summed E-state index contributed by atoms with van der Waals surface area (Å²) in [5, 5.41) is 14.3. The number of phenols is 1. The van der Waals surface area contributed by atoms with E-state index in [1.165, 1.54) is 11.3 Å². The van der Waals surface area contributed by atoms with E-state index in [0.717, 1.165) is 26.7 Å². The van der Waals surface area contributed by atoms with Gasteiger partial charge in [0.05, 0.1) is 21.2 Å². The topological polar surface area (TPSA) is 91.7 Å². The van der Waals surface area contributed by atoms with E-state index in [2.05, 4.69) is 14.9 Å². The molecule has 146 valence electrons. The lowest BCUT2D eigenvalue weighted by Gasteiger charge is -2.08. The summed E-state index contributed by atoms with van der Waals surface area (Å²) >= 11 is 1.42. The molecule has 1 heterocycles. The molecule has 0 unspecified atom stereocenters. The van der Waals surface area contributed by atoms with E-state index in [9.17, 15) is 13.5 Å². The number of aryl methyl sites for hydroxylation is 3. The van der Waals surface area contributed by atoms with Crippen molar-refractivity contribution in [3.8, 4) is 16.3 Å². The van der Waals surface area contributed by atoms with Gasteiger partial charge in [-0.25, -0.2) is 4.98 Å². The third-order valence-electron chi connectivity index (χ3n) is 4.21. The van der Waals surface area contributed by atoms with Crippen LogP contribution in [0.4, 0.5) is 0 Å². The minimum Gasteiger partial charge on any atom is -0.508 e. The second-order valence-corrected chi connectivity index (χ2v) is 9.17. The Balaban J connectivity index is 1.88. The van der Waals surface area contributed by atoms with Crippen LogP contribution in [0.5, 0.6) is 5.75 Å². The van der Waals surface area contributed by atoms with Gasteiger partial charge in [0.25, 0.3) is 10.0 Å². The molecule has 0 fully saturated rings. The van der Waals surface area contributed by atoms with Gasteiger partial charge in [-0.1, -0.05) is 12.1 Å². The lowest BCUT2D eigenvalue weighted by molar-refractivity contribution is 0.475. The van der Waals surface area contributed by atoms with E-state index in [1.807, 2.05) is 19.9 Å². The fourth-order valence-corrected chi connectivity index (χ4v) is 4.89. The number of hydrazone groups is 1. The predicted octanol–water partition coefficient (Wildman–Crippen LogP) is 4.14. The second-order valence-electron chi connectivity index (χ2n) is 6.54. The maximum absolute atomic E-state index is 12.6. The van der Waals surface area contributed by atoms with Crippen LogP contribution in [0.15, 0.2) is 52.5 Å². The SMILES string of the molecule is C/C(=N\NS(=O)(=O)c1cc(C)ccc1C)c1sc(-c2ccc(O)cc2)nc1C. The number of thiazole rings is 1. The van der Waals surface area contributed by atoms with Crippen LogP contribution in [0.2, 0.25) is 0 Å². The van der Waals surface area contributed by atoms with Gasteiger partial charge in [0, 0.05) is 5.56 Å². The van der Waals surface area contributed by atoms with Crippen molar-refractivity contribution in [3.63, 3.8) is 0 Å². The third kappa shape index (κ3) is 4.23. The molecule has 0 saturated heterocycles. The summed E-state index contributed by atoms with van der Waals surface area (Å²) in [6, 6.07) is 12.0. The highest BCUT2D eigenvalue weighted by atomic mass is 32.2.